The first-order chi connectivity index (χ1) is 17.2. The number of carbonyl (C=O) groups is 1. The molecular formula is C28H32N2O5S. The van der Waals surface area contributed by atoms with E-state index >= 15 is 0 Å². The van der Waals surface area contributed by atoms with E-state index in [2.05, 4.69) is 17.4 Å². The van der Waals surface area contributed by atoms with Gasteiger partial charge in [0.1, 0.15) is 6.54 Å². The third kappa shape index (κ3) is 5.33. The fourth-order valence-electron chi connectivity index (χ4n) is 4.49. The summed E-state index contributed by atoms with van der Waals surface area (Å²) in [7, 11) is -1.06. The quantitative estimate of drug-likeness (QED) is 0.458. The summed E-state index contributed by atoms with van der Waals surface area (Å²) in [5.74, 6) is 0.420. The molecule has 3 aromatic carbocycles. The van der Waals surface area contributed by atoms with Gasteiger partial charge in [-0.15, -0.1) is 0 Å². The number of rotatable bonds is 9. The lowest BCUT2D eigenvalue weighted by Gasteiger charge is -2.26. The van der Waals surface area contributed by atoms with Crippen LogP contribution in [0.5, 0.6) is 11.5 Å². The van der Waals surface area contributed by atoms with Crippen molar-refractivity contribution in [3.8, 4) is 11.5 Å². The number of methoxy groups -OCH3 is 2. The Kier molecular flexibility index (Phi) is 7.54. The number of carbonyl (C=O) groups excluding carboxylic acids is 1. The van der Waals surface area contributed by atoms with Crippen LogP contribution < -0.4 is 19.1 Å². The summed E-state index contributed by atoms with van der Waals surface area (Å²) in [5, 5.41) is 2.97. The molecule has 0 heterocycles. The molecule has 3 aromatic rings. The Bertz CT molecular complexity index is 1350. The van der Waals surface area contributed by atoms with Gasteiger partial charge >= 0.3 is 0 Å². The summed E-state index contributed by atoms with van der Waals surface area (Å²) in [6.45, 7) is 3.40. The van der Waals surface area contributed by atoms with Crippen LogP contribution in [-0.2, 0) is 27.7 Å². The Balaban J connectivity index is 1.63. The highest BCUT2D eigenvalue weighted by Crippen LogP contribution is 2.34. The first-order valence-corrected chi connectivity index (χ1v) is 13.4. The van der Waals surface area contributed by atoms with Crippen molar-refractivity contribution in [2.75, 3.05) is 25.1 Å². The van der Waals surface area contributed by atoms with Crippen molar-refractivity contribution in [3.05, 3.63) is 82.9 Å². The maximum atomic E-state index is 13.7. The summed E-state index contributed by atoms with van der Waals surface area (Å²) in [4.78, 5) is 13.3. The standard InChI is InChI=1S/C28H32N2O5S/c1-19-8-13-25(14-9-19)36(32,33)30(24-12-15-26(34-3)27(17-24)35-4)18-28(31)29-20(2)22-11-10-21-6-5-7-23(21)16-22/h8-17,20H,5-7,18H2,1-4H3,(H,29,31)/t20-/m1/s1. The van der Waals surface area contributed by atoms with Crippen molar-refractivity contribution in [1.82, 2.24) is 5.32 Å². The molecule has 0 saturated heterocycles. The van der Waals surface area contributed by atoms with Crippen LogP contribution in [0, 0.1) is 6.92 Å². The summed E-state index contributed by atoms with van der Waals surface area (Å²) in [6.07, 6.45) is 3.29. The van der Waals surface area contributed by atoms with E-state index in [1.54, 1.807) is 42.5 Å². The molecule has 0 bridgehead atoms. The number of hydrogen-bond donors (Lipinski definition) is 1. The van der Waals surface area contributed by atoms with Gasteiger partial charge < -0.3 is 14.8 Å². The molecule has 1 aliphatic rings. The van der Waals surface area contributed by atoms with E-state index in [-0.39, 0.29) is 17.5 Å². The minimum absolute atomic E-state index is 0.0994. The zero-order valence-electron chi connectivity index (χ0n) is 21.1. The topological polar surface area (TPSA) is 84.9 Å². The Hall–Kier alpha value is -3.52. The summed E-state index contributed by atoms with van der Waals surface area (Å²) in [5.41, 5.74) is 4.92. The van der Waals surface area contributed by atoms with Crippen molar-refractivity contribution in [1.29, 1.82) is 0 Å². The van der Waals surface area contributed by atoms with Crippen molar-refractivity contribution in [2.45, 2.75) is 44.0 Å². The second-order valence-electron chi connectivity index (χ2n) is 9.03. The van der Waals surface area contributed by atoms with Gasteiger partial charge in [0.15, 0.2) is 11.5 Å². The number of aryl methyl sites for hydroxylation is 3. The largest absolute Gasteiger partial charge is 0.493 e. The van der Waals surface area contributed by atoms with Gasteiger partial charge in [-0.2, -0.15) is 0 Å². The molecule has 0 unspecified atom stereocenters. The fourth-order valence-corrected chi connectivity index (χ4v) is 5.91. The zero-order valence-corrected chi connectivity index (χ0v) is 21.9. The normalized spacial score (nSPS) is 13.6. The van der Waals surface area contributed by atoms with Gasteiger partial charge in [0.05, 0.1) is 30.8 Å². The first-order valence-electron chi connectivity index (χ1n) is 12.0. The number of nitrogens with zero attached hydrogens (tertiary/aromatic N) is 1. The molecule has 1 atom stereocenters. The molecule has 0 aromatic heterocycles. The summed E-state index contributed by atoms with van der Waals surface area (Å²) in [6, 6.07) is 17.4. The SMILES string of the molecule is COc1ccc(N(CC(=O)N[C@H](C)c2ccc3c(c2)CCC3)S(=O)(=O)c2ccc(C)cc2)cc1OC. The van der Waals surface area contributed by atoms with Crippen LogP contribution >= 0.6 is 0 Å². The maximum absolute atomic E-state index is 13.7. The molecule has 0 radical (unpaired) electrons. The number of amides is 1. The molecule has 0 spiro atoms. The lowest BCUT2D eigenvalue weighted by atomic mass is 10.0. The van der Waals surface area contributed by atoms with E-state index in [0.29, 0.717) is 17.2 Å². The molecule has 1 N–H and O–H groups in total. The fraction of sp³-hybridized carbons (Fsp3) is 0.321. The Labute approximate surface area is 213 Å². The molecular weight excluding hydrogens is 476 g/mol. The molecule has 0 saturated carbocycles. The van der Waals surface area contributed by atoms with Crippen molar-refractivity contribution in [3.63, 3.8) is 0 Å². The molecule has 4 rings (SSSR count). The average Bonchev–Trinajstić information content (AvgIpc) is 3.35. The lowest BCUT2D eigenvalue weighted by Crippen LogP contribution is -2.41. The first kappa shape index (κ1) is 25.6. The predicted molar refractivity (Wildman–Crippen MR) is 140 cm³/mol. The van der Waals surface area contributed by atoms with E-state index in [1.165, 1.54) is 25.3 Å². The number of ether oxygens (including phenoxy) is 2. The minimum atomic E-state index is -4.04. The van der Waals surface area contributed by atoms with Crippen molar-refractivity contribution >= 4 is 21.6 Å². The van der Waals surface area contributed by atoms with E-state index in [0.717, 1.165) is 34.7 Å². The van der Waals surface area contributed by atoms with E-state index in [4.69, 9.17) is 9.47 Å². The van der Waals surface area contributed by atoms with Gasteiger partial charge in [-0.05, 0) is 74.1 Å². The van der Waals surface area contributed by atoms with Gasteiger partial charge in [-0.25, -0.2) is 8.42 Å². The average molecular weight is 509 g/mol. The predicted octanol–water partition coefficient (Wildman–Crippen LogP) is 4.57. The number of benzene rings is 3. The Morgan fingerprint density at radius 2 is 1.64 bits per heavy atom. The van der Waals surface area contributed by atoms with Gasteiger partial charge in [0.2, 0.25) is 5.91 Å². The molecule has 8 heteroatoms. The van der Waals surface area contributed by atoms with Crippen LogP contribution in [0.1, 0.15) is 41.6 Å². The van der Waals surface area contributed by atoms with Crippen LogP contribution in [0.15, 0.2) is 65.6 Å². The number of anilines is 1. The number of fused-ring (bicyclic) bond motifs is 1. The van der Waals surface area contributed by atoms with Crippen LogP contribution in [0.25, 0.3) is 0 Å². The summed E-state index contributed by atoms with van der Waals surface area (Å²) < 4.78 is 39.2. The Morgan fingerprint density at radius 1 is 0.944 bits per heavy atom. The smallest absolute Gasteiger partial charge is 0.264 e. The second kappa shape index (κ2) is 10.6. The van der Waals surface area contributed by atoms with Crippen LogP contribution in [0.4, 0.5) is 5.69 Å². The monoisotopic (exact) mass is 508 g/mol. The minimum Gasteiger partial charge on any atom is -0.493 e. The second-order valence-corrected chi connectivity index (χ2v) is 10.9. The molecule has 1 aliphatic carbocycles. The van der Waals surface area contributed by atoms with E-state index in [1.807, 2.05) is 19.9 Å². The van der Waals surface area contributed by atoms with E-state index < -0.39 is 15.9 Å². The lowest BCUT2D eigenvalue weighted by molar-refractivity contribution is -0.120. The molecule has 7 nitrogen and oxygen atoms in total. The van der Waals surface area contributed by atoms with Crippen molar-refractivity contribution < 1.29 is 22.7 Å². The van der Waals surface area contributed by atoms with Gasteiger partial charge in [0, 0.05) is 6.07 Å². The highest BCUT2D eigenvalue weighted by molar-refractivity contribution is 7.92. The third-order valence-corrected chi connectivity index (χ3v) is 8.34. The van der Waals surface area contributed by atoms with Gasteiger partial charge in [-0.1, -0.05) is 35.9 Å². The maximum Gasteiger partial charge on any atom is 0.264 e. The highest BCUT2D eigenvalue weighted by atomic mass is 32.2. The molecule has 190 valence electrons. The molecule has 0 aliphatic heterocycles. The molecule has 36 heavy (non-hydrogen) atoms. The highest BCUT2D eigenvalue weighted by Gasteiger charge is 2.28. The van der Waals surface area contributed by atoms with Gasteiger partial charge in [-0.3, -0.25) is 9.10 Å². The summed E-state index contributed by atoms with van der Waals surface area (Å²) >= 11 is 0. The Morgan fingerprint density at radius 3 is 2.33 bits per heavy atom. The number of nitrogens with one attached hydrogen (secondary N) is 1. The third-order valence-electron chi connectivity index (χ3n) is 6.55. The molecule has 1 amide bonds. The van der Waals surface area contributed by atoms with Crippen molar-refractivity contribution in [2.24, 2.45) is 0 Å². The zero-order chi connectivity index (χ0) is 25.9. The van der Waals surface area contributed by atoms with Crippen LogP contribution in [-0.4, -0.2) is 35.1 Å². The van der Waals surface area contributed by atoms with Gasteiger partial charge in [0.25, 0.3) is 10.0 Å². The van der Waals surface area contributed by atoms with E-state index in [9.17, 15) is 13.2 Å². The van der Waals surface area contributed by atoms with Crippen LogP contribution in [0.2, 0.25) is 0 Å². The molecule has 0 fully saturated rings. The number of sulfonamides is 1. The van der Waals surface area contributed by atoms with Crippen LogP contribution in [0.3, 0.4) is 0 Å². The number of hydrogen-bond acceptors (Lipinski definition) is 5.